The number of carbonyl (C=O) groups excluding carboxylic acids is 2. The van der Waals surface area contributed by atoms with Crippen LogP contribution in [0.2, 0.25) is 0 Å². The summed E-state index contributed by atoms with van der Waals surface area (Å²) in [6, 6.07) is 7.48. The molecule has 1 aromatic rings. The van der Waals surface area contributed by atoms with Crippen molar-refractivity contribution in [1.82, 2.24) is 0 Å². The summed E-state index contributed by atoms with van der Waals surface area (Å²) >= 11 is 0. The SMILES string of the molecule is O=C=NC(N=C=O)(C(=O)O)c1ccccc1. The molecule has 6 nitrogen and oxygen atoms in total. The number of carboxylic acid groups (broad SMARTS) is 1. The van der Waals surface area contributed by atoms with Gasteiger partial charge in [0.1, 0.15) is 0 Å². The number of aliphatic carboxylic acids is 1. The summed E-state index contributed by atoms with van der Waals surface area (Å²) in [7, 11) is 0. The van der Waals surface area contributed by atoms with Crippen LogP contribution in [0.3, 0.4) is 0 Å². The van der Waals surface area contributed by atoms with Crippen LogP contribution in [0.4, 0.5) is 0 Å². The summed E-state index contributed by atoms with van der Waals surface area (Å²) in [4.78, 5) is 37.7. The van der Waals surface area contributed by atoms with Crippen LogP contribution in [0.15, 0.2) is 40.3 Å². The number of carboxylic acids is 1. The Morgan fingerprint density at radius 1 is 1.12 bits per heavy atom. The van der Waals surface area contributed by atoms with Crippen molar-refractivity contribution in [2.45, 2.75) is 5.66 Å². The molecule has 0 aliphatic heterocycles. The second kappa shape index (κ2) is 4.79. The Morgan fingerprint density at radius 2 is 1.62 bits per heavy atom. The topological polar surface area (TPSA) is 96.2 Å². The fraction of sp³-hybridized carbons (Fsp3) is 0.100. The zero-order chi connectivity index (χ0) is 12.0. The van der Waals surface area contributed by atoms with Crippen LogP contribution >= 0.6 is 0 Å². The predicted molar refractivity (Wildman–Crippen MR) is 52.0 cm³/mol. The molecular weight excluding hydrogens is 212 g/mol. The highest BCUT2D eigenvalue weighted by Crippen LogP contribution is 2.26. The van der Waals surface area contributed by atoms with Gasteiger partial charge in [-0.15, -0.1) is 0 Å². The van der Waals surface area contributed by atoms with Crippen molar-refractivity contribution >= 4 is 18.1 Å². The molecule has 0 heterocycles. The molecule has 1 rings (SSSR count). The number of hydrogen-bond donors (Lipinski definition) is 1. The lowest BCUT2D eigenvalue weighted by molar-refractivity contribution is -0.143. The van der Waals surface area contributed by atoms with Gasteiger partial charge in [0.25, 0.3) is 5.66 Å². The fourth-order valence-electron chi connectivity index (χ4n) is 1.18. The average molecular weight is 218 g/mol. The molecule has 1 N–H and O–H groups in total. The Bertz CT molecular complexity index is 461. The van der Waals surface area contributed by atoms with Crippen molar-refractivity contribution in [2.75, 3.05) is 0 Å². The van der Waals surface area contributed by atoms with Crippen molar-refractivity contribution < 1.29 is 19.5 Å². The van der Waals surface area contributed by atoms with E-state index >= 15 is 0 Å². The molecule has 6 heteroatoms. The van der Waals surface area contributed by atoms with E-state index in [0.29, 0.717) is 0 Å². The zero-order valence-electron chi connectivity index (χ0n) is 7.95. The fourth-order valence-corrected chi connectivity index (χ4v) is 1.18. The van der Waals surface area contributed by atoms with Gasteiger partial charge in [-0.25, -0.2) is 14.4 Å². The van der Waals surface area contributed by atoms with Crippen LogP contribution in [-0.4, -0.2) is 23.2 Å². The summed E-state index contributed by atoms with van der Waals surface area (Å²) in [6.07, 6.45) is 2.19. The molecular formula is C10H6N2O4. The van der Waals surface area contributed by atoms with Gasteiger partial charge in [-0.3, -0.25) is 0 Å². The highest BCUT2D eigenvalue weighted by molar-refractivity contribution is 5.82. The minimum Gasteiger partial charge on any atom is -0.478 e. The van der Waals surface area contributed by atoms with Crippen molar-refractivity contribution in [3.63, 3.8) is 0 Å². The summed E-state index contributed by atoms with van der Waals surface area (Å²) < 4.78 is 0. The molecule has 0 radical (unpaired) electrons. The van der Waals surface area contributed by atoms with Crippen molar-refractivity contribution in [3.05, 3.63) is 35.9 Å². The quantitative estimate of drug-likeness (QED) is 0.591. The van der Waals surface area contributed by atoms with Gasteiger partial charge in [0.2, 0.25) is 12.2 Å². The second-order valence-corrected chi connectivity index (χ2v) is 2.75. The molecule has 0 saturated carbocycles. The van der Waals surface area contributed by atoms with Crippen LogP contribution in [0.1, 0.15) is 5.56 Å². The normalized spacial score (nSPS) is 12.8. The summed E-state index contributed by atoms with van der Waals surface area (Å²) in [5, 5.41) is 8.99. The third kappa shape index (κ3) is 1.93. The maximum Gasteiger partial charge on any atom is 0.361 e. The number of aliphatic imine (C=N–C) groups is 2. The molecule has 0 fully saturated rings. The molecule has 0 spiro atoms. The van der Waals surface area contributed by atoms with Gasteiger partial charge in [0, 0.05) is 5.56 Å². The van der Waals surface area contributed by atoms with E-state index in [1.54, 1.807) is 6.07 Å². The Hall–Kier alpha value is -2.55. The zero-order valence-corrected chi connectivity index (χ0v) is 7.95. The largest absolute Gasteiger partial charge is 0.478 e. The van der Waals surface area contributed by atoms with E-state index in [4.69, 9.17) is 5.11 Å². The van der Waals surface area contributed by atoms with E-state index < -0.39 is 11.6 Å². The Balaban J connectivity index is 3.50. The van der Waals surface area contributed by atoms with Gasteiger partial charge in [-0.2, -0.15) is 9.98 Å². The van der Waals surface area contributed by atoms with Gasteiger partial charge in [0.15, 0.2) is 0 Å². The lowest BCUT2D eigenvalue weighted by Crippen LogP contribution is -2.31. The number of benzene rings is 1. The van der Waals surface area contributed by atoms with Crippen molar-refractivity contribution in [1.29, 1.82) is 0 Å². The van der Waals surface area contributed by atoms with E-state index in [0.717, 1.165) is 12.2 Å². The van der Waals surface area contributed by atoms with Crippen LogP contribution in [-0.2, 0) is 20.0 Å². The van der Waals surface area contributed by atoms with E-state index in [1.807, 2.05) is 0 Å². The lowest BCUT2D eigenvalue weighted by atomic mass is 10.0. The van der Waals surface area contributed by atoms with Crippen molar-refractivity contribution in [3.8, 4) is 0 Å². The number of nitrogens with zero attached hydrogens (tertiary/aromatic N) is 2. The van der Waals surface area contributed by atoms with E-state index in [1.165, 1.54) is 24.3 Å². The van der Waals surface area contributed by atoms with E-state index in [2.05, 4.69) is 9.98 Å². The number of isocyanates is 2. The maximum absolute atomic E-state index is 11.1. The Kier molecular flexibility index (Phi) is 3.45. The molecule has 0 aromatic heterocycles. The Morgan fingerprint density at radius 3 is 2.00 bits per heavy atom. The standard InChI is InChI=1S/C10H6N2O4/c13-6-11-10(9(15)16,12-7-14)8-4-2-1-3-5-8/h1-5H,(H,15,16). The molecule has 0 atom stereocenters. The molecule has 0 saturated heterocycles. The van der Waals surface area contributed by atoms with E-state index in [9.17, 15) is 14.4 Å². The van der Waals surface area contributed by atoms with Gasteiger partial charge in [-0.05, 0) is 0 Å². The molecule has 80 valence electrons. The molecule has 0 aliphatic rings. The third-order valence-electron chi connectivity index (χ3n) is 1.89. The van der Waals surface area contributed by atoms with Crippen LogP contribution in [0.5, 0.6) is 0 Å². The highest BCUT2D eigenvalue weighted by atomic mass is 16.4. The lowest BCUT2D eigenvalue weighted by Gasteiger charge is -2.16. The molecule has 0 bridgehead atoms. The van der Waals surface area contributed by atoms with E-state index in [-0.39, 0.29) is 5.56 Å². The smallest absolute Gasteiger partial charge is 0.361 e. The third-order valence-corrected chi connectivity index (χ3v) is 1.89. The van der Waals surface area contributed by atoms with Crippen LogP contribution in [0.25, 0.3) is 0 Å². The minimum absolute atomic E-state index is 0.0780. The van der Waals surface area contributed by atoms with Crippen LogP contribution < -0.4 is 0 Å². The van der Waals surface area contributed by atoms with Crippen molar-refractivity contribution in [2.24, 2.45) is 9.98 Å². The van der Waals surface area contributed by atoms with Crippen LogP contribution in [0, 0.1) is 0 Å². The van der Waals surface area contributed by atoms with Gasteiger partial charge < -0.3 is 5.11 Å². The monoisotopic (exact) mass is 218 g/mol. The molecule has 0 unspecified atom stereocenters. The van der Waals surface area contributed by atoms with Gasteiger partial charge in [-0.1, -0.05) is 30.3 Å². The average Bonchev–Trinajstić information content (AvgIpc) is 2.29. The Labute approximate surface area is 90.0 Å². The van der Waals surface area contributed by atoms with Gasteiger partial charge in [0.05, 0.1) is 0 Å². The second-order valence-electron chi connectivity index (χ2n) is 2.75. The number of hydrogen-bond acceptors (Lipinski definition) is 5. The molecule has 1 aromatic carbocycles. The molecule has 16 heavy (non-hydrogen) atoms. The predicted octanol–water partition coefficient (Wildman–Crippen LogP) is 0.596. The van der Waals surface area contributed by atoms with Gasteiger partial charge >= 0.3 is 5.97 Å². The summed E-state index contributed by atoms with van der Waals surface area (Å²) in [6.45, 7) is 0. The summed E-state index contributed by atoms with van der Waals surface area (Å²) in [5.74, 6) is -1.55. The molecule has 0 amide bonds. The number of rotatable bonds is 4. The first-order valence-corrected chi connectivity index (χ1v) is 4.14. The molecule has 0 aliphatic carbocycles. The first kappa shape index (κ1) is 11.5. The maximum atomic E-state index is 11.1. The first-order chi connectivity index (χ1) is 7.67. The number of carbonyl (C=O) groups is 1. The summed E-state index contributed by atoms with van der Waals surface area (Å²) in [5.41, 5.74) is -2.21. The first-order valence-electron chi connectivity index (χ1n) is 4.14. The highest BCUT2D eigenvalue weighted by Gasteiger charge is 2.41. The minimum atomic E-state index is -2.29.